The molecule has 2 aromatic rings. The van der Waals surface area contributed by atoms with Crippen LogP contribution in [0.15, 0.2) is 36.4 Å². The highest BCUT2D eigenvalue weighted by Crippen LogP contribution is 2.33. The largest absolute Gasteiger partial charge is 0.481 e. The predicted octanol–water partition coefficient (Wildman–Crippen LogP) is 1.83. The number of hydrogen-bond acceptors (Lipinski definition) is 3. The highest BCUT2D eigenvalue weighted by atomic mass is 16.4. The highest BCUT2D eigenvalue weighted by molar-refractivity contribution is 5.79. The van der Waals surface area contributed by atoms with Gasteiger partial charge in [-0.1, -0.05) is 30.3 Å². The van der Waals surface area contributed by atoms with Crippen LogP contribution in [0.1, 0.15) is 22.9 Å². The van der Waals surface area contributed by atoms with Crippen LogP contribution in [0.4, 0.5) is 0 Å². The van der Waals surface area contributed by atoms with Crippen molar-refractivity contribution in [3.05, 3.63) is 53.3 Å². The first kappa shape index (κ1) is 16.2. The monoisotopic (exact) mass is 327 g/mol. The van der Waals surface area contributed by atoms with E-state index in [0.29, 0.717) is 6.54 Å². The average molecular weight is 327 g/mol. The molecule has 1 N–H and O–H groups in total. The molecule has 1 fully saturated rings. The Bertz CT molecular complexity index is 754. The molecule has 1 saturated heterocycles. The van der Waals surface area contributed by atoms with Crippen LogP contribution in [0.2, 0.25) is 0 Å². The molecule has 0 saturated carbocycles. The fourth-order valence-electron chi connectivity index (χ4n) is 3.36. The Morgan fingerprint density at radius 3 is 2.50 bits per heavy atom. The van der Waals surface area contributed by atoms with Crippen molar-refractivity contribution in [3.63, 3.8) is 0 Å². The zero-order valence-electron chi connectivity index (χ0n) is 13.8. The molecule has 6 nitrogen and oxygen atoms in total. The Morgan fingerprint density at radius 1 is 1.21 bits per heavy atom. The number of carbonyl (C=O) groups excluding carboxylic acids is 1. The third kappa shape index (κ3) is 3.18. The molecule has 0 bridgehead atoms. The second kappa shape index (κ2) is 6.47. The van der Waals surface area contributed by atoms with Crippen LogP contribution in [0.5, 0.6) is 0 Å². The van der Waals surface area contributed by atoms with Crippen molar-refractivity contribution < 1.29 is 14.7 Å². The number of hydrogen-bond donors (Lipinski definition) is 1. The molecule has 6 heteroatoms. The maximum Gasteiger partial charge on any atom is 0.308 e. The number of nitrogens with zero attached hydrogens (tertiary/aromatic N) is 3. The number of likely N-dealkylation sites (tertiary alicyclic amines) is 1. The second-order valence-corrected chi connectivity index (χ2v) is 6.35. The maximum atomic E-state index is 12.6. The van der Waals surface area contributed by atoms with Crippen molar-refractivity contribution >= 4 is 11.9 Å². The number of aliphatic carboxylic acids is 1. The van der Waals surface area contributed by atoms with Crippen molar-refractivity contribution in [3.8, 4) is 0 Å². The topological polar surface area (TPSA) is 75.4 Å². The van der Waals surface area contributed by atoms with Gasteiger partial charge in [0.25, 0.3) is 0 Å². The van der Waals surface area contributed by atoms with E-state index in [1.165, 1.54) is 0 Å². The summed E-state index contributed by atoms with van der Waals surface area (Å²) in [5, 5.41) is 13.8. The van der Waals surface area contributed by atoms with Crippen LogP contribution in [-0.2, 0) is 16.1 Å². The summed E-state index contributed by atoms with van der Waals surface area (Å²) >= 11 is 0. The van der Waals surface area contributed by atoms with Gasteiger partial charge in [0.15, 0.2) is 0 Å². The van der Waals surface area contributed by atoms with E-state index in [0.717, 1.165) is 17.0 Å². The first-order chi connectivity index (χ1) is 11.5. The molecule has 1 aromatic carbocycles. The molecule has 0 aliphatic carbocycles. The molecule has 1 aliphatic rings. The Kier molecular flexibility index (Phi) is 4.38. The summed E-state index contributed by atoms with van der Waals surface area (Å²) in [5.74, 6) is -1.69. The van der Waals surface area contributed by atoms with Gasteiger partial charge in [0, 0.05) is 24.7 Å². The van der Waals surface area contributed by atoms with Crippen molar-refractivity contribution in [2.45, 2.75) is 26.3 Å². The fourth-order valence-corrected chi connectivity index (χ4v) is 3.36. The molecule has 2 atom stereocenters. The number of carbonyl (C=O) groups is 2. The average Bonchev–Trinajstić information content (AvgIpc) is 3.12. The lowest BCUT2D eigenvalue weighted by atomic mass is 9.89. The lowest BCUT2D eigenvalue weighted by molar-refractivity contribution is -0.141. The van der Waals surface area contributed by atoms with Crippen LogP contribution >= 0.6 is 0 Å². The molecular weight excluding hydrogens is 306 g/mol. The molecule has 1 amide bonds. The molecule has 0 radical (unpaired) electrons. The molecule has 2 heterocycles. The third-order valence-electron chi connectivity index (χ3n) is 4.61. The van der Waals surface area contributed by atoms with Gasteiger partial charge in [0.1, 0.15) is 6.54 Å². The molecule has 1 aromatic heterocycles. The molecule has 1 aliphatic heterocycles. The number of rotatable bonds is 4. The summed E-state index contributed by atoms with van der Waals surface area (Å²) in [6.45, 7) is 4.61. The summed E-state index contributed by atoms with van der Waals surface area (Å²) in [6.07, 6.45) is 0. The van der Waals surface area contributed by atoms with E-state index in [2.05, 4.69) is 5.10 Å². The minimum Gasteiger partial charge on any atom is -0.481 e. The van der Waals surface area contributed by atoms with Gasteiger partial charge in [-0.15, -0.1) is 0 Å². The van der Waals surface area contributed by atoms with Gasteiger partial charge in [-0.25, -0.2) is 0 Å². The van der Waals surface area contributed by atoms with E-state index in [4.69, 9.17) is 0 Å². The highest BCUT2D eigenvalue weighted by Gasteiger charge is 2.40. The van der Waals surface area contributed by atoms with Crippen LogP contribution in [-0.4, -0.2) is 44.8 Å². The van der Waals surface area contributed by atoms with E-state index >= 15 is 0 Å². The van der Waals surface area contributed by atoms with Crippen molar-refractivity contribution in [2.75, 3.05) is 13.1 Å². The lowest BCUT2D eigenvalue weighted by Gasteiger charge is -2.17. The minimum atomic E-state index is -0.856. The quantitative estimate of drug-likeness (QED) is 0.929. The predicted molar refractivity (Wildman–Crippen MR) is 88.6 cm³/mol. The van der Waals surface area contributed by atoms with Gasteiger partial charge in [-0.05, 0) is 25.5 Å². The molecule has 126 valence electrons. The molecule has 24 heavy (non-hydrogen) atoms. The SMILES string of the molecule is Cc1cc(C)n(CC(=O)N2CC(C(=O)O)C(c3ccccc3)C2)n1. The van der Waals surface area contributed by atoms with E-state index in [1.807, 2.05) is 50.2 Å². The van der Waals surface area contributed by atoms with Crippen molar-refractivity contribution in [1.82, 2.24) is 14.7 Å². The van der Waals surface area contributed by atoms with Gasteiger partial charge >= 0.3 is 5.97 Å². The molecule has 0 spiro atoms. The van der Waals surface area contributed by atoms with E-state index in [-0.39, 0.29) is 24.9 Å². The Balaban J connectivity index is 1.76. The first-order valence-electron chi connectivity index (χ1n) is 8.02. The van der Waals surface area contributed by atoms with Crippen molar-refractivity contribution in [2.24, 2.45) is 5.92 Å². The fraction of sp³-hybridized carbons (Fsp3) is 0.389. The zero-order valence-corrected chi connectivity index (χ0v) is 13.8. The first-order valence-corrected chi connectivity index (χ1v) is 8.02. The number of carboxylic acid groups (broad SMARTS) is 1. The van der Waals surface area contributed by atoms with Crippen LogP contribution in [0, 0.1) is 19.8 Å². The van der Waals surface area contributed by atoms with Crippen molar-refractivity contribution in [1.29, 1.82) is 0 Å². The standard InChI is InChI=1S/C18H21N3O3/c1-12-8-13(2)21(19-12)11-17(22)20-9-15(16(10-20)18(23)24)14-6-4-3-5-7-14/h3-8,15-16H,9-11H2,1-2H3,(H,23,24). The molecule has 2 unspecified atom stereocenters. The van der Waals surface area contributed by atoms with E-state index < -0.39 is 11.9 Å². The van der Waals surface area contributed by atoms with Gasteiger partial charge in [-0.3, -0.25) is 14.3 Å². The zero-order chi connectivity index (χ0) is 17.3. The van der Waals surface area contributed by atoms with Crippen LogP contribution in [0.25, 0.3) is 0 Å². The Labute approximate surface area is 140 Å². The number of carboxylic acids is 1. The minimum absolute atomic E-state index is 0.0918. The maximum absolute atomic E-state index is 12.6. The number of benzene rings is 1. The van der Waals surface area contributed by atoms with Gasteiger partial charge in [0.2, 0.25) is 5.91 Å². The molecule has 3 rings (SSSR count). The summed E-state index contributed by atoms with van der Waals surface area (Å²) in [4.78, 5) is 25.9. The van der Waals surface area contributed by atoms with Crippen LogP contribution < -0.4 is 0 Å². The number of aryl methyl sites for hydroxylation is 2. The smallest absolute Gasteiger partial charge is 0.308 e. The number of amides is 1. The third-order valence-corrected chi connectivity index (χ3v) is 4.61. The summed E-state index contributed by atoms with van der Waals surface area (Å²) in [5.41, 5.74) is 2.76. The Hall–Kier alpha value is -2.63. The lowest BCUT2D eigenvalue weighted by Crippen LogP contribution is -2.33. The summed E-state index contributed by atoms with van der Waals surface area (Å²) in [6, 6.07) is 11.5. The second-order valence-electron chi connectivity index (χ2n) is 6.35. The van der Waals surface area contributed by atoms with Gasteiger partial charge < -0.3 is 10.0 Å². The van der Waals surface area contributed by atoms with Crippen LogP contribution in [0.3, 0.4) is 0 Å². The summed E-state index contributed by atoms with van der Waals surface area (Å²) in [7, 11) is 0. The van der Waals surface area contributed by atoms with E-state index in [9.17, 15) is 14.7 Å². The summed E-state index contributed by atoms with van der Waals surface area (Å²) < 4.78 is 1.67. The van der Waals surface area contributed by atoms with Gasteiger partial charge in [-0.2, -0.15) is 5.10 Å². The molecular formula is C18H21N3O3. The Morgan fingerprint density at radius 2 is 1.92 bits per heavy atom. The van der Waals surface area contributed by atoms with Gasteiger partial charge in [0.05, 0.1) is 11.6 Å². The normalized spacial score (nSPS) is 20.3. The number of aromatic nitrogens is 2. The van der Waals surface area contributed by atoms with E-state index in [1.54, 1.807) is 9.58 Å².